The van der Waals surface area contributed by atoms with Crippen LogP contribution in [0.1, 0.15) is 0 Å². The summed E-state index contributed by atoms with van der Waals surface area (Å²) >= 11 is 0. The predicted octanol–water partition coefficient (Wildman–Crippen LogP) is -3.06. The van der Waals surface area contributed by atoms with Crippen molar-refractivity contribution < 1.29 is 44.0 Å². The first-order valence-corrected chi connectivity index (χ1v) is 6.21. The number of rotatable bonds is 3. The summed E-state index contributed by atoms with van der Waals surface area (Å²) in [6.45, 7) is 0. The van der Waals surface area contributed by atoms with Gasteiger partial charge < -0.3 is 34.9 Å². The van der Waals surface area contributed by atoms with Crippen molar-refractivity contribution in [3.63, 3.8) is 0 Å². The van der Waals surface area contributed by atoms with E-state index in [-0.39, 0.29) is 0 Å². The van der Waals surface area contributed by atoms with Crippen LogP contribution in [0.4, 0.5) is 0 Å². The first-order chi connectivity index (χ1) is 7.69. The van der Waals surface area contributed by atoms with E-state index < -0.39 is 44.4 Å². The van der Waals surface area contributed by atoms with Gasteiger partial charge in [-0.05, 0) is 0 Å². The van der Waals surface area contributed by atoms with Gasteiger partial charge in [0.2, 0.25) is 0 Å². The van der Waals surface area contributed by atoms with Gasteiger partial charge in [0, 0.05) is 7.11 Å². The molecule has 6 N–H and O–H groups in total. The van der Waals surface area contributed by atoms with Crippen LogP contribution >= 0.6 is 7.82 Å². The summed E-state index contributed by atoms with van der Waals surface area (Å²) in [6, 6.07) is 0. The van der Waals surface area contributed by atoms with Crippen molar-refractivity contribution in [1.82, 2.24) is 0 Å². The van der Waals surface area contributed by atoms with Gasteiger partial charge in [0.1, 0.15) is 36.6 Å². The van der Waals surface area contributed by atoms with E-state index in [0.717, 1.165) is 7.11 Å². The molecule has 10 heteroatoms. The lowest BCUT2D eigenvalue weighted by Gasteiger charge is -2.42. The van der Waals surface area contributed by atoms with E-state index in [0.29, 0.717) is 0 Å². The Hall–Kier alpha value is -0.0900. The van der Waals surface area contributed by atoms with Gasteiger partial charge in [-0.15, -0.1) is 0 Å². The van der Waals surface area contributed by atoms with Gasteiger partial charge in [-0.2, -0.15) is 0 Å². The number of ether oxygens (including phenoxy) is 1. The van der Waals surface area contributed by atoms with Crippen LogP contribution < -0.4 is 0 Å². The van der Waals surface area contributed by atoms with Crippen molar-refractivity contribution in [2.24, 2.45) is 0 Å². The van der Waals surface area contributed by atoms with Crippen molar-refractivity contribution in [2.45, 2.75) is 36.6 Å². The number of phosphoric acid groups is 1. The van der Waals surface area contributed by atoms with Crippen molar-refractivity contribution in [3.05, 3.63) is 0 Å². The van der Waals surface area contributed by atoms with Crippen molar-refractivity contribution in [3.8, 4) is 0 Å². The molecule has 0 bridgehead atoms. The maximum absolute atomic E-state index is 10.7. The largest absolute Gasteiger partial charge is 0.470 e. The van der Waals surface area contributed by atoms with Gasteiger partial charge >= 0.3 is 7.82 Å². The zero-order valence-electron chi connectivity index (χ0n) is 8.82. The quantitative estimate of drug-likeness (QED) is 0.294. The molecule has 1 aliphatic carbocycles. The first-order valence-electron chi connectivity index (χ1n) is 4.68. The summed E-state index contributed by atoms with van der Waals surface area (Å²) < 4.78 is 19.6. The van der Waals surface area contributed by atoms with E-state index in [1.807, 2.05) is 0 Å². The van der Waals surface area contributed by atoms with Crippen molar-refractivity contribution >= 4 is 7.82 Å². The summed E-state index contributed by atoms with van der Waals surface area (Å²) in [7, 11) is -3.84. The van der Waals surface area contributed by atoms with Gasteiger partial charge in [-0.3, -0.25) is 4.52 Å². The van der Waals surface area contributed by atoms with Crippen LogP contribution in [0.5, 0.6) is 0 Å². The zero-order valence-corrected chi connectivity index (χ0v) is 9.71. The van der Waals surface area contributed by atoms with E-state index in [9.17, 15) is 25.0 Å². The number of hydrogen-bond donors (Lipinski definition) is 6. The Morgan fingerprint density at radius 2 is 1.29 bits per heavy atom. The number of phosphoric ester groups is 1. The molecule has 9 nitrogen and oxygen atoms in total. The number of hydrogen-bond acceptors (Lipinski definition) is 7. The Kier molecular flexibility index (Phi) is 4.64. The third-order valence-corrected chi connectivity index (χ3v) is 3.10. The van der Waals surface area contributed by atoms with E-state index in [1.165, 1.54) is 0 Å². The third kappa shape index (κ3) is 3.22. The molecular weight excluding hydrogens is 259 g/mol. The molecule has 0 amide bonds. The smallest absolute Gasteiger partial charge is 0.387 e. The zero-order chi connectivity index (χ0) is 13.4. The molecule has 1 saturated carbocycles. The first kappa shape index (κ1) is 15.0. The molecule has 1 rings (SSSR count). The van der Waals surface area contributed by atoms with Crippen LogP contribution in [-0.4, -0.2) is 73.9 Å². The lowest BCUT2D eigenvalue weighted by atomic mass is 9.85. The Bertz CT molecular complexity index is 304. The Morgan fingerprint density at radius 1 is 0.882 bits per heavy atom. The highest BCUT2D eigenvalue weighted by Gasteiger charge is 2.51. The molecule has 0 unspecified atom stereocenters. The summed E-state index contributed by atoms with van der Waals surface area (Å²) in [5, 5.41) is 37.7. The van der Waals surface area contributed by atoms with E-state index in [1.54, 1.807) is 0 Å². The van der Waals surface area contributed by atoms with E-state index in [4.69, 9.17) is 14.5 Å². The highest BCUT2D eigenvalue weighted by atomic mass is 31.2. The minimum atomic E-state index is -4.94. The molecule has 0 aromatic carbocycles. The second-order valence-electron chi connectivity index (χ2n) is 3.72. The number of aliphatic hydroxyl groups is 4. The average Bonchev–Trinajstić information content (AvgIpc) is 2.22. The average molecular weight is 274 g/mol. The number of methoxy groups -OCH3 is 1. The standard InChI is InChI=1S/C7H15O9P/c1-15-6-4(10)2(8)3(9)5(11)7(6)16-17(12,13)14/h2-11H,1H3,(H2,12,13,14)/t2-,3-,4-,5-,6+,7+/m0/s1. The van der Waals surface area contributed by atoms with Crippen molar-refractivity contribution in [1.29, 1.82) is 0 Å². The summed E-state index contributed by atoms with van der Waals surface area (Å²) in [4.78, 5) is 17.3. The SMILES string of the molecule is CO[C@@H]1[C@@H](O)[C@@H](O)[C@H](O)[C@H](O)[C@H]1OP(=O)(O)O. The molecule has 1 fully saturated rings. The minimum Gasteiger partial charge on any atom is -0.387 e. The van der Waals surface area contributed by atoms with Crippen LogP contribution in [0.15, 0.2) is 0 Å². The fourth-order valence-corrected chi connectivity index (χ4v) is 2.30. The molecule has 0 aromatic rings. The molecule has 0 heterocycles. The monoisotopic (exact) mass is 274 g/mol. The van der Waals surface area contributed by atoms with Gasteiger partial charge in [-0.25, -0.2) is 4.57 Å². The molecule has 6 atom stereocenters. The lowest BCUT2D eigenvalue weighted by Crippen LogP contribution is -2.64. The van der Waals surface area contributed by atoms with Gasteiger partial charge in [0.25, 0.3) is 0 Å². The van der Waals surface area contributed by atoms with Gasteiger partial charge in [0.05, 0.1) is 0 Å². The van der Waals surface area contributed by atoms with Crippen LogP contribution in [0.3, 0.4) is 0 Å². The second kappa shape index (κ2) is 5.27. The lowest BCUT2D eigenvalue weighted by molar-refractivity contribution is -0.225. The molecule has 102 valence electrons. The van der Waals surface area contributed by atoms with Crippen LogP contribution in [0, 0.1) is 0 Å². The number of aliphatic hydroxyl groups excluding tert-OH is 4. The van der Waals surface area contributed by atoms with Crippen LogP contribution in [0.25, 0.3) is 0 Å². The Balaban J connectivity index is 2.94. The van der Waals surface area contributed by atoms with Gasteiger partial charge in [0.15, 0.2) is 0 Å². The minimum absolute atomic E-state index is 1.10. The molecule has 0 radical (unpaired) electrons. The topological polar surface area (TPSA) is 157 Å². The normalized spacial score (nSPS) is 43.7. The van der Waals surface area contributed by atoms with Gasteiger partial charge in [-0.1, -0.05) is 0 Å². The fraction of sp³-hybridized carbons (Fsp3) is 1.00. The molecular formula is C7H15O9P. The molecule has 0 spiro atoms. The summed E-state index contributed by atoms with van der Waals surface area (Å²) in [5.41, 5.74) is 0. The van der Waals surface area contributed by atoms with E-state index >= 15 is 0 Å². The fourth-order valence-electron chi connectivity index (χ4n) is 1.74. The highest BCUT2D eigenvalue weighted by Crippen LogP contribution is 2.41. The molecule has 0 aromatic heterocycles. The molecule has 0 saturated heterocycles. The predicted molar refractivity (Wildman–Crippen MR) is 51.7 cm³/mol. The Morgan fingerprint density at radius 3 is 1.65 bits per heavy atom. The molecule has 1 aliphatic rings. The maximum atomic E-state index is 10.7. The molecule has 17 heavy (non-hydrogen) atoms. The highest BCUT2D eigenvalue weighted by molar-refractivity contribution is 7.46. The Labute approximate surface area is 96.5 Å². The van der Waals surface area contributed by atoms with Crippen LogP contribution in [-0.2, 0) is 13.8 Å². The second-order valence-corrected chi connectivity index (χ2v) is 4.92. The third-order valence-electron chi connectivity index (χ3n) is 2.58. The summed E-state index contributed by atoms with van der Waals surface area (Å²) in [5.74, 6) is 0. The summed E-state index contributed by atoms with van der Waals surface area (Å²) in [6.07, 6.45) is -9.98. The van der Waals surface area contributed by atoms with Crippen molar-refractivity contribution in [2.75, 3.05) is 7.11 Å². The van der Waals surface area contributed by atoms with Crippen LogP contribution in [0.2, 0.25) is 0 Å². The maximum Gasteiger partial charge on any atom is 0.470 e. The van der Waals surface area contributed by atoms with E-state index in [2.05, 4.69) is 4.52 Å². The molecule has 0 aliphatic heterocycles.